The average Bonchev–Trinajstić information content (AvgIpc) is 2.48. The van der Waals surface area contributed by atoms with E-state index in [0.29, 0.717) is 11.0 Å². The number of nitrogens with one attached hydrogen (secondary N) is 2. The first-order valence-corrected chi connectivity index (χ1v) is 3.32. The van der Waals surface area contributed by atoms with Crippen LogP contribution < -0.4 is 11.2 Å². The molecule has 2 aromatic rings. The van der Waals surface area contributed by atoms with Crippen LogP contribution in [-0.4, -0.2) is 19.7 Å². The summed E-state index contributed by atoms with van der Waals surface area (Å²) in [6, 6.07) is 0. The Kier molecular flexibility index (Phi) is 1.18. The number of nitrogens with zero attached hydrogens (tertiary/aromatic N) is 2. The van der Waals surface area contributed by atoms with Gasteiger partial charge in [-0.3, -0.25) is 19.4 Å². The summed E-state index contributed by atoms with van der Waals surface area (Å²) in [6.07, 6.45) is 1.38. The topological polar surface area (TPSA) is 83.5 Å². The van der Waals surface area contributed by atoms with Gasteiger partial charge in [0.2, 0.25) is 0 Å². The van der Waals surface area contributed by atoms with Crippen LogP contribution in [0.1, 0.15) is 0 Å². The highest BCUT2D eigenvalue weighted by Crippen LogP contribution is 1.97. The van der Waals surface area contributed by atoms with Gasteiger partial charge in [-0.15, -0.1) is 0 Å². The molecule has 6 nitrogen and oxygen atoms in total. The van der Waals surface area contributed by atoms with Crippen molar-refractivity contribution in [2.24, 2.45) is 7.05 Å². The van der Waals surface area contributed by atoms with Crippen molar-refractivity contribution in [2.45, 2.75) is 0 Å². The van der Waals surface area contributed by atoms with Crippen LogP contribution in [0.3, 0.4) is 0 Å². The van der Waals surface area contributed by atoms with E-state index in [1.54, 1.807) is 7.05 Å². The van der Waals surface area contributed by atoms with Crippen LogP contribution in [0.25, 0.3) is 11.0 Å². The molecule has 2 rings (SSSR count). The minimum Gasteiger partial charge on any atom is -0.281 e. The van der Waals surface area contributed by atoms with Crippen LogP contribution in [0.2, 0.25) is 0 Å². The van der Waals surface area contributed by atoms with Gasteiger partial charge in [0, 0.05) is 7.05 Å². The molecule has 2 aromatic heterocycles. The largest absolute Gasteiger partial charge is 0.329 e. The first kappa shape index (κ1) is 6.84. The number of aromatic nitrogens is 4. The molecule has 0 fully saturated rings. The minimum atomic E-state index is -0.447. The zero-order chi connectivity index (χ0) is 8.72. The van der Waals surface area contributed by atoms with E-state index >= 15 is 0 Å². The average molecular weight is 166 g/mol. The lowest BCUT2D eigenvalue weighted by atomic mass is 10.4. The summed E-state index contributed by atoms with van der Waals surface area (Å²) in [5, 5.41) is 6.61. The van der Waals surface area contributed by atoms with E-state index in [0.717, 1.165) is 0 Å². The Labute approximate surface area is 65.8 Å². The second kappa shape index (κ2) is 2.07. The van der Waals surface area contributed by atoms with Crippen molar-refractivity contribution >= 4 is 11.0 Å². The summed E-state index contributed by atoms with van der Waals surface area (Å²) in [5.74, 6) is 0. The van der Waals surface area contributed by atoms with Crippen molar-refractivity contribution < 1.29 is 0 Å². The third-order valence-electron chi connectivity index (χ3n) is 1.72. The molecule has 62 valence electrons. The van der Waals surface area contributed by atoms with Gasteiger partial charge in [0.05, 0.1) is 6.20 Å². The maximum absolute atomic E-state index is 11.1. The van der Waals surface area contributed by atoms with Crippen LogP contribution in [0.4, 0.5) is 0 Å². The quantitative estimate of drug-likeness (QED) is 0.523. The molecule has 0 aliphatic rings. The molecule has 0 aliphatic heterocycles. The molecule has 2 heterocycles. The smallest absolute Gasteiger partial charge is 0.281 e. The first-order valence-electron chi connectivity index (χ1n) is 3.32. The van der Waals surface area contributed by atoms with Crippen molar-refractivity contribution in [3.63, 3.8) is 0 Å². The number of aromatic amines is 2. The number of fused-ring (bicyclic) bond motifs is 1. The van der Waals surface area contributed by atoms with Crippen molar-refractivity contribution in [3.8, 4) is 0 Å². The lowest BCUT2D eigenvalue weighted by Crippen LogP contribution is -2.27. The van der Waals surface area contributed by atoms with Gasteiger partial charge in [-0.2, -0.15) is 5.10 Å². The molecule has 0 amide bonds. The SMILES string of the molecule is Cn1c(=O)[nH]c(=O)c2cn[nH]c21. The van der Waals surface area contributed by atoms with Crippen LogP contribution in [0.5, 0.6) is 0 Å². The molecule has 2 N–H and O–H groups in total. The fraction of sp³-hybridized carbons (Fsp3) is 0.167. The zero-order valence-corrected chi connectivity index (χ0v) is 6.29. The van der Waals surface area contributed by atoms with Gasteiger partial charge in [0.15, 0.2) is 0 Å². The molecule has 0 saturated heterocycles. The highest BCUT2D eigenvalue weighted by molar-refractivity contribution is 5.72. The summed E-state index contributed by atoms with van der Waals surface area (Å²) in [5.41, 5.74) is -0.428. The molecule has 0 radical (unpaired) electrons. The van der Waals surface area contributed by atoms with E-state index in [1.807, 2.05) is 0 Å². The normalized spacial score (nSPS) is 10.8. The highest BCUT2D eigenvalue weighted by Gasteiger charge is 2.04. The Morgan fingerprint density at radius 1 is 1.50 bits per heavy atom. The molecule has 0 bridgehead atoms. The maximum Gasteiger partial charge on any atom is 0.329 e. The van der Waals surface area contributed by atoms with Gasteiger partial charge in [-0.05, 0) is 0 Å². The molecule has 0 unspecified atom stereocenters. The predicted octanol–water partition coefficient (Wildman–Crippen LogP) is -1.05. The molecule has 0 aromatic carbocycles. The van der Waals surface area contributed by atoms with E-state index < -0.39 is 11.2 Å². The number of H-pyrrole nitrogens is 2. The Morgan fingerprint density at radius 2 is 2.25 bits per heavy atom. The standard InChI is InChI=1S/C6H6N4O2/c1-10-4-3(2-7-9-4)5(11)8-6(10)12/h2H,1H3,(H,7,9)(H,8,11,12). The van der Waals surface area contributed by atoms with E-state index in [-0.39, 0.29) is 0 Å². The summed E-state index contributed by atoms with van der Waals surface area (Å²) in [7, 11) is 1.55. The van der Waals surface area contributed by atoms with Crippen molar-refractivity contribution in [2.75, 3.05) is 0 Å². The van der Waals surface area contributed by atoms with E-state index in [4.69, 9.17) is 0 Å². The monoisotopic (exact) mass is 166 g/mol. The summed E-state index contributed by atoms with van der Waals surface area (Å²) in [4.78, 5) is 24.3. The fourth-order valence-electron chi connectivity index (χ4n) is 1.05. The van der Waals surface area contributed by atoms with Gasteiger partial charge < -0.3 is 0 Å². The molecular weight excluding hydrogens is 160 g/mol. The number of aryl methyl sites for hydroxylation is 1. The van der Waals surface area contributed by atoms with Crippen molar-refractivity contribution in [1.29, 1.82) is 0 Å². The van der Waals surface area contributed by atoms with E-state index in [2.05, 4.69) is 15.2 Å². The summed E-state index contributed by atoms with van der Waals surface area (Å²) >= 11 is 0. The van der Waals surface area contributed by atoms with Gasteiger partial charge in [-0.25, -0.2) is 4.79 Å². The molecule has 0 aliphatic carbocycles. The van der Waals surface area contributed by atoms with Crippen molar-refractivity contribution in [1.82, 2.24) is 19.7 Å². The number of hydrogen-bond acceptors (Lipinski definition) is 3. The minimum absolute atomic E-state index is 0.386. The van der Waals surface area contributed by atoms with Gasteiger partial charge >= 0.3 is 5.69 Å². The predicted molar refractivity (Wildman–Crippen MR) is 42.0 cm³/mol. The zero-order valence-electron chi connectivity index (χ0n) is 6.29. The Bertz CT molecular complexity index is 532. The molecule has 12 heavy (non-hydrogen) atoms. The molecule has 0 atom stereocenters. The van der Waals surface area contributed by atoms with Crippen LogP contribution in [0.15, 0.2) is 15.8 Å². The third kappa shape index (κ3) is 0.714. The lowest BCUT2D eigenvalue weighted by Gasteiger charge is -1.95. The number of rotatable bonds is 0. The molecule has 6 heteroatoms. The lowest BCUT2D eigenvalue weighted by molar-refractivity contribution is 0.826. The molecular formula is C6H6N4O2. The van der Waals surface area contributed by atoms with Crippen LogP contribution >= 0.6 is 0 Å². The molecule has 0 saturated carbocycles. The second-order valence-corrected chi connectivity index (χ2v) is 2.45. The second-order valence-electron chi connectivity index (χ2n) is 2.45. The summed E-state index contributed by atoms with van der Waals surface area (Å²) < 4.78 is 1.30. The Balaban J connectivity index is 3.18. The van der Waals surface area contributed by atoms with Gasteiger partial charge in [-0.1, -0.05) is 0 Å². The van der Waals surface area contributed by atoms with E-state index in [9.17, 15) is 9.59 Å². The number of hydrogen-bond donors (Lipinski definition) is 2. The Morgan fingerprint density at radius 3 is 3.00 bits per heavy atom. The van der Waals surface area contributed by atoms with Crippen LogP contribution in [0, 0.1) is 0 Å². The third-order valence-corrected chi connectivity index (χ3v) is 1.72. The van der Waals surface area contributed by atoms with E-state index in [1.165, 1.54) is 10.8 Å². The molecule has 0 spiro atoms. The maximum atomic E-state index is 11.1. The fourth-order valence-corrected chi connectivity index (χ4v) is 1.05. The first-order chi connectivity index (χ1) is 5.70. The highest BCUT2D eigenvalue weighted by atomic mass is 16.2. The van der Waals surface area contributed by atoms with Gasteiger partial charge in [0.25, 0.3) is 5.56 Å². The van der Waals surface area contributed by atoms with Crippen molar-refractivity contribution in [3.05, 3.63) is 27.0 Å². The summed E-state index contributed by atoms with van der Waals surface area (Å²) in [6.45, 7) is 0. The van der Waals surface area contributed by atoms with Crippen LogP contribution in [-0.2, 0) is 7.05 Å². The Hall–Kier alpha value is -1.85. The van der Waals surface area contributed by atoms with Gasteiger partial charge in [0.1, 0.15) is 11.0 Å².